The van der Waals surface area contributed by atoms with Gasteiger partial charge < -0.3 is 9.64 Å². The van der Waals surface area contributed by atoms with Crippen LogP contribution in [0.1, 0.15) is 6.42 Å². The summed E-state index contributed by atoms with van der Waals surface area (Å²) in [5, 5.41) is 0. The summed E-state index contributed by atoms with van der Waals surface area (Å²) in [6.45, 7) is 0.641. The lowest BCUT2D eigenvalue weighted by molar-refractivity contribution is -0.141. The summed E-state index contributed by atoms with van der Waals surface area (Å²) in [6.07, 6.45) is -0.147. The number of likely N-dealkylation sites (tertiary alicyclic amines) is 1. The van der Waals surface area contributed by atoms with Crippen LogP contribution in [0.5, 0.6) is 0 Å². The van der Waals surface area contributed by atoms with E-state index in [0.29, 0.717) is 25.3 Å². The zero-order valence-electron chi connectivity index (χ0n) is 11.9. The van der Waals surface area contributed by atoms with E-state index in [1.54, 1.807) is 16.7 Å². The number of rotatable bonds is 5. The Morgan fingerprint density at radius 1 is 1.23 bits per heavy atom. The predicted molar refractivity (Wildman–Crippen MR) is 80.3 cm³/mol. The standard InChI is InChI=1S/C15H16N2O4S/c18-13(6-7-22-12-4-2-1-3-5-12)16-8-11(9-16)17-14(19)10-21-15(17)20/h1-5,11H,6-10H2. The van der Waals surface area contributed by atoms with Crippen molar-refractivity contribution in [3.8, 4) is 0 Å². The summed E-state index contributed by atoms with van der Waals surface area (Å²) in [7, 11) is 0. The van der Waals surface area contributed by atoms with Gasteiger partial charge in [-0.2, -0.15) is 0 Å². The Morgan fingerprint density at radius 3 is 2.59 bits per heavy atom. The fourth-order valence-corrected chi connectivity index (χ4v) is 3.33. The monoisotopic (exact) mass is 320 g/mol. The number of thioether (sulfide) groups is 1. The molecule has 7 heteroatoms. The van der Waals surface area contributed by atoms with Crippen molar-refractivity contribution in [3.05, 3.63) is 30.3 Å². The molecule has 2 heterocycles. The first-order valence-electron chi connectivity index (χ1n) is 7.09. The van der Waals surface area contributed by atoms with Gasteiger partial charge in [0.15, 0.2) is 6.61 Å². The van der Waals surface area contributed by atoms with E-state index >= 15 is 0 Å². The molecule has 1 aromatic rings. The van der Waals surface area contributed by atoms with E-state index in [1.807, 2.05) is 30.3 Å². The van der Waals surface area contributed by atoms with Crippen LogP contribution >= 0.6 is 11.8 Å². The lowest BCUT2D eigenvalue weighted by Gasteiger charge is -2.42. The molecular formula is C15H16N2O4S. The van der Waals surface area contributed by atoms with Crippen LogP contribution in [0, 0.1) is 0 Å². The van der Waals surface area contributed by atoms with Crippen molar-refractivity contribution in [2.24, 2.45) is 0 Å². The largest absolute Gasteiger partial charge is 0.439 e. The minimum absolute atomic E-state index is 0.0553. The molecule has 0 aliphatic carbocycles. The lowest BCUT2D eigenvalue weighted by Crippen LogP contribution is -2.62. The van der Waals surface area contributed by atoms with Crippen molar-refractivity contribution >= 4 is 29.7 Å². The second kappa shape index (κ2) is 6.39. The summed E-state index contributed by atoms with van der Waals surface area (Å²) in [5.74, 6) is 0.454. The van der Waals surface area contributed by atoms with Crippen molar-refractivity contribution in [1.29, 1.82) is 0 Å². The first-order chi connectivity index (χ1) is 10.6. The number of imide groups is 1. The Labute approximate surface area is 132 Å². The van der Waals surface area contributed by atoms with Crippen LogP contribution < -0.4 is 0 Å². The molecule has 0 saturated carbocycles. The van der Waals surface area contributed by atoms with Gasteiger partial charge in [0.05, 0.1) is 6.04 Å². The topological polar surface area (TPSA) is 66.9 Å². The average Bonchev–Trinajstić information content (AvgIpc) is 2.79. The van der Waals surface area contributed by atoms with E-state index < -0.39 is 6.09 Å². The third-order valence-corrected chi connectivity index (χ3v) is 4.71. The number of cyclic esters (lactones) is 1. The molecule has 0 radical (unpaired) electrons. The van der Waals surface area contributed by atoms with E-state index in [0.717, 1.165) is 9.80 Å². The predicted octanol–water partition coefficient (Wildman–Crippen LogP) is 1.36. The fraction of sp³-hybridized carbons (Fsp3) is 0.400. The molecule has 0 spiro atoms. The zero-order chi connectivity index (χ0) is 15.5. The number of hydrogen-bond donors (Lipinski definition) is 0. The van der Waals surface area contributed by atoms with Gasteiger partial charge in [0.1, 0.15) is 0 Å². The van der Waals surface area contributed by atoms with Crippen molar-refractivity contribution < 1.29 is 19.1 Å². The molecule has 0 bridgehead atoms. The van der Waals surface area contributed by atoms with Crippen LogP contribution in [0.15, 0.2) is 35.2 Å². The third-order valence-electron chi connectivity index (χ3n) is 3.69. The van der Waals surface area contributed by atoms with Crippen molar-refractivity contribution in [2.75, 3.05) is 25.4 Å². The molecule has 22 heavy (non-hydrogen) atoms. The number of ether oxygens (including phenoxy) is 1. The highest BCUT2D eigenvalue weighted by molar-refractivity contribution is 7.99. The maximum Gasteiger partial charge on any atom is 0.417 e. The van der Waals surface area contributed by atoms with Crippen LogP contribution in [0.4, 0.5) is 4.79 Å². The van der Waals surface area contributed by atoms with Crippen LogP contribution in [-0.4, -0.2) is 59.2 Å². The number of hydrogen-bond acceptors (Lipinski definition) is 5. The van der Waals surface area contributed by atoms with Crippen LogP contribution in [-0.2, 0) is 14.3 Å². The molecule has 0 atom stereocenters. The van der Waals surface area contributed by atoms with Crippen molar-refractivity contribution in [3.63, 3.8) is 0 Å². The molecule has 3 amide bonds. The normalized spacial score (nSPS) is 18.4. The molecular weight excluding hydrogens is 304 g/mol. The van der Waals surface area contributed by atoms with E-state index in [9.17, 15) is 14.4 Å². The van der Waals surface area contributed by atoms with Crippen LogP contribution in [0.2, 0.25) is 0 Å². The van der Waals surface area contributed by atoms with Crippen LogP contribution in [0.25, 0.3) is 0 Å². The summed E-state index contributed by atoms with van der Waals surface area (Å²) in [6, 6.07) is 9.69. The molecule has 0 N–H and O–H groups in total. The van der Waals surface area contributed by atoms with E-state index in [1.165, 1.54) is 0 Å². The zero-order valence-corrected chi connectivity index (χ0v) is 12.8. The maximum absolute atomic E-state index is 12.0. The molecule has 2 saturated heterocycles. The third kappa shape index (κ3) is 3.09. The first-order valence-corrected chi connectivity index (χ1v) is 8.08. The van der Waals surface area contributed by atoms with E-state index in [4.69, 9.17) is 0 Å². The quantitative estimate of drug-likeness (QED) is 0.766. The van der Waals surface area contributed by atoms with Gasteiger partial charge in [-0.3, -0.25) is 9.59 Å². The number of amides is 3. The summed E-state index contributed by atoms with van der Waals surface area (Å²) in [5.41, 5.74) is 0. The van der Waals surface area contributed by atoms with E-state index in [-0.39, 0.29) is 24.5 Å². The molecule has 6 nitrogen and oxygen atoms in total. The van der Waals surface area contributed by atoms with Gasteiger partial charge in [-0.05, 0) is 12.1 Å². The molecule has 2 aliphatic heterocycles. The molecule has 0 unspecified atom stereocenters. The average molecular weight is 320 g/mol. The first kappa shape index (κ1) is 14.9. The fourth-order valence-electron chi connectivity index (χ4n) is 2.47. The van der Waals surface area contributed by atoms with Gasteiger partial charge in [0.25, 0.3) is 5.91 Å². The Bertz CT molecular complexity index is 570. The Kier molecular flexibility index (Phi) is 4.33. The van der Waals surface area contributed by atoms with Gasteiger partial charge in [0, 0.05) is 30.2 Å². The van der Waals surface area contributed by atoms with Gasteiger partial charge in [-0.25, -0.2) is 9.69 Å². The van der Waals surface area contributed by atoms with E-state index in [2.05, 4.69) is 4.74 Å². The highest BCUT2D eigenvalue weighted by atomic mass is 32.2. The molecule has 116 valence electrons. The minimum Gasteiger partial charge on any atom is -0.439 e. The maximum atomic E-state index is 12.0. The number of carbonyl (C=O) groups excluding carboxylic acids is 3. The second-order valence-electron chi connectivity index (χ2n) is 5.18. The molecule has 2 fully saturated rings. The van der Waals surface area contributed by atoms with Gasteiger partial charge >= 0.3 is 6.09 Å². The highest BCUT2D eigenvalue weighted by Crippen LogP contribution is 2.22. The lowest BCUT2D eigenvalue weighted by atomic mass is 10.1. The van der Waals surface area contributed by atoms with Crippen molar-refractivity contribution in [1.82, 2.24) is 9.80 Å². The Morgan fingerprint density at radius 2 is 1.95 bits per heavy atom. The molecule has 0 aromatic heterocycles. The molecule has 1 aromatic carbocycles. The molecule has 2 aliphatic rings. The van der Waals surface area contributed by atoms with Gasteiger partial charge in [-0.1, -0.05) is 18.2 Å². The molecule has 3 rings (SSSR count). The number of benzene rings is 1. The SMILES string of the molecule is O=C(CCSc1ccccc1)N1CC(N2C(=O)COC2=O)C1. The minimum atomic E-state index is -0.596. The Balaban J connectivity index is 1.40. The number of carbonyl (C=O) groups is 3. The second-order valence-corrected chi connectivity index (χ2v) is 6.35. The summed E-state index contributed by atoms with van der Waals surface area (Å²) in [4.78, 5) is 38.9. The van der Waals surface area contributed by atoms with Crippen molar-refractivity contribution in [2.45, 2.75) is 17.4 Å². The summed E-state index contributed by atoms with van der Waals surface area (Å²) >= 11 is 1.64. The smallest absolute Gasteiger partial charge is 0.417 e. The Hall–Kier alpha value is -2.02. The highest BCUT2D eigenvalue weighted by Gasteiger charge is 2.44. The van der Waals surface area contributed by atoms with Gasteiger partial charge in [-0.15, -0.1) is 11.8 Å². The number of nitrogens with zero attached hydrogens (tertiary/aromatic N) is 2. The van der Waals surface area contributed by atoms with Crippen LogP contribution in [0.3, 0.4) is 0 Å². The summed E-state index contributed by atoms with van der Waals surface area (Å²) < 4.78 is 4.67. The van der Waals surface area contributed by atoms with Gasteiger partial charge in [0.2, 0.25) is 5.91 Å².